The number of benzene rings is 1. The van der Waals surface area contributed by atoms with Crippen LogP contribution in [0.5, 0.6) is 0 Å². The lowest BCUT2D eigenvalue weighted by atomic mass is 9.57. The quantitative estimate of drug-likeness (QED) is 0.869. The number of nitrogens with two attached hydrogens (primary N) is 1. The van der Waals surface area contributed by atoms with Crippen molar-refractivity contribution in [2.75, 3.05) is 18.0 Å². The zero-order chi connectivity index (χ0) is 18.4. The van der Waals surface area contributed by atoms with Crippen LogP contribution in [0.1, 0.15) is 50.3 Å². The summed E-state index contributed by atoms with van der Waals surface area (Å²) in [6.45, 7) is 1.34. The first kappa shape index (κ1) is 16.7. The van der Waals surface area contributed by atoms with E-state index >= 15 is 0 Å². The standard InChI is InChI=1S/C20H25N5O2/c21-15-11-20(12-15)6-4-13(5-7-20)18-23-17(24-27-18)14-2-1-3-16(10-14)25-9-8-22-19(25)26/h1-3,10,13,15H,4-9,11-12,21H2,(H,22,26). The highest BCUT2D eigenvalue weighted by Crippen LogP contribution is 2.53. The van der Waals surface area contributed by atoms with E-state index in [1.165, 1.54) is 25.7 Å². The summed E-state index contributed by atoms with van der Waals surface area (Å²) in [7, 11) is 0. The maximum Gasteiger partial charge on any atom is 0.321 e. The number of hydrogen-bond acceptors (Lipinski definition) is 5. The van der Waals surface area contributed by atoms with Gasteiger partial charge in [-0.3, -0.25) is 4.90 Å². The Hall–Kier alpha value is -2.41. The number of urea groups is 1. The molecule has 3 N–H and O–H groups in total. The smallest absolute Gasteiger partial charge is 0.321 e. The summed E-state index contributed by atoms with van der Waals surface area (Å²) >= 11 is 0. The van der Waals surface area contributed by atoms with Gasteiger partial charge in [-0.05, 0) is 56.1 Å². The molecule has 2 heterocycles. The molecule has 142 valence electrons. The maximum atomic E-state index is 11.9. The molecule has 0 radical (unpaired) electrons. The second-order valence-corrected chi connectivity index (χ2v) is 8.33. The Balaban J connectivity index is 1.30. The second-order valence-electron chi connectivity index (χ2n) is 8.33. The van der Waals surface area contributed by atoms with Crippen molar-refractivity contribution >= 4 is 11.7 Å². The number of carbonyl (C=O) groups excluding carboxylic acids is 1. The molecule has 2 aromatic rings. The Morgan fingerprint density at radius 1 is 1.26 bits per heavy atom. The van der Waals surface area contributed by atoms with Crippen molar-refractivity contribution < 1.29 is 9.32 Å². The molecule has 5 rings (SSSR count). The SMILES string of the molecule is NC1CC2(CCC(c3nc(-c4cccc(N5CCNC5=O)c4)no3)CC2)C1. The van der Waals surface area contributed by atoms with Gasteiger partial charge in [-0.2, -0.15) is 4.98 Å². The van der Waals surface area contributed by atoms with Crippen LogP contribution in [-0.2, 0) is 0 Å². The number of aromatic nitrogens is 2. The van der Waals surface area contributed by atoms with Crippen LogP contribution in [0.3, 0.4) is 0 Å². The molecule has 1 spiro atoms. The monoisotopic (exact) mass is 367 g/mol. The number of anilines is 1. The van der Waals surface area contributed by atoms with E-state index in [1.807, 2.05) is 24.3 Å². The lowest BCUT2D eigenvalue weighted by Crippen LogP contribution is -2.47. The van der Waals surface area contributed by atoms with Gasteiger partial charge < -0.3 is 15.6 Å². The van der Waals surface area contributed by atoms with Crippen LogP contribution < -0.4 is 16.0 Å². The summed E-state index contributed by atoms with van der Waals surface area (Å²) in [4.78, 5) is 18.3. The average Bonchev–Trinajstić information content (AvgIpc) is 3.31. The van der Waals surface area contributed by atoms with Gasteiger partial charge in [-0.25, -0.2) is 4.79 Å². The van der Waals surface area contributed by atoms with Crippen molar-refractivity contribution in [2.24, 2.45) is 11.1 Å². The van der Waals surface area contributed by atoms with Gasteiger partial charge in [0.25, 0.3) is 0 Å². The van der Waals surface area contributed by atoms with Gasteiger partial charge in [0, 0.05) is 36.3 Å². The first-order valence-electron chi connectivity index (χ1n) is 9.87. The minimum atomic E-state index is -0.0622. The molecule has 1 saturated heterocycles. The topological polar surface area (TPSA) is 97.3 Å². The third-order valence-electron chi connectivity index (χ3n) is 6.50. The summed E-state index contributed by atoms with van der Waals surface area (Å²) in [6, 6.07) is 8.10. The van der Waals surface area contributed by atoms with Gasteiger partial charge in [-0.15, -0.1) is 0 Å². The van der Waals surface area contributed by atoms with Crippen molar-refractivity contribution in [3.63, 3.8) is 0 Å². The third-order valence-corrected chi connectivity index (χ3v) is 6.50. The van der Waals surface area contributed by atoms with Gasteiger partial charge >= 0.3 is 6.03 Å². The van der Waals surface area contributed by atoms with Crippen molar-refractivity contribution in [1.82, 2.24) is 15.5 Å². The van der Waals surface area contributed by atoms with Crippen LogP contribution in [0.15, 0.2) is 28.8 Å². The van der Waals surface area contributed by atoms with E-state index in [0.29, 0.717) is 36.3 Å². The Morgan fingerprint density at radius 3 is 2.78 bits per heavy atom. The molecule has 0 unspecified atom stereocenters. The normalized spacial score (nSPS) is 30.4. The first-order chi connectivity index (χ1) is 13.1. The third kappa shape index (κ3) is 3.00. The van der Waals surface area contributed by atoms with Crippen molar-refractivity contribution in [1.29, 1.82) is 0 Å². The fourth-order valence-corrected chi connectivity index (χ4v) is 4.99. The second kappa shape index (κ2) is 6.34. The van der Waals surface area contributed by atoms with Crippen LogP contribution >= 0.6 is 0 Å². The molecule has 2 aliphatic carbocycles. The fourth-order valence-electron chi connectivity index (χ4n) is 4.99. The van der Waals surface area contributed by atoms with Gasteiger partial charge in [-0.1, -0.05) is 17.3 Å². The maximum absolute atomic E-state index is 11.9. The van der Waals surface area contributed by atoms with Crippen molar-refractivity contribution in [2.45, 2.75) is 50.5 Å². The van der Waals surface area contributed by atoms with E-state index in [1.54, 1.807) is 4.90 Å². The van der Waals surface area contributed by atoms with Gasteiger partial charge in [0.05, 0.1) is 0 Å². The molecule has 7 heteroatoms. The Bertz CT molecular complexity index is 848. The predicted octanol–water partition coefficient (Wildman–Crippen LogP) is 3.03. The summed E-state index contributed by atoms with van der Waals surface area (Å²) in [6.07, 6.45) is 6.97. The van der Waals surface area contributed by atoms with Gasteiger partial charge in [0.1, 0.15) is 0 Å². The molecule has 1 aromatic heterocycles. The summed E-state index contributed by atoms with van der Waals surface area (Å²) < 4.78 is 5.61. The first-order valence-corrected chi connectivity index (χ1v) is 9.87. The van der Waals surface area contributed by atoms with E-state index in [4.69, 9.17) is 10.3 Å². The van der Waals surface area contributed by atoms with Crippen molar-refractivity contribution in [3.8, 4) is 11.4 Å². The highest BCUT2D eigenvalue weighted by Gasteiger charge is 2.45. The Labute approximate surface area is 158 Å². The summed E-state index contributed by atoms with van der Waals surface area (Å²) in [5, 5.41) is 7.03. The molecule has 1 aliphatic heterocycles. The van der Waals surface area contributed by atoms with E-state index in [-0.39, 0.29) is 6.03 Å². The van der Waals surface area contributed by atoms with Crippen LogP contribution in [0.25, 0.3) is 11.4 Å². The van der Waals surface area contributed by atoms with Gasteiger partial charge in [0.2, 0.25) is 11.7 Å². The summed E-state index contributed by atoms with van der Waals surface area (Å²) in [5.41, 5.74) is 8.21. The van der Waals surface area contributed by atoms with Crippen molar-refractivity contribution in [3.05, 3.63) is 30.2 Å². The number of nitrogens with zero attached hydrogens (tertiary/aromatic N) is 3. The molecule has 27 heavy (non-hydrogen) atoms. The van der Waals surface area contributed by atoms with Crippen LogP contribution in [0.4, 0.5) is 10.5 Å². The van der Waals surface area contributed by atoms with E-state index in [0.717, 1.165) is 30.0 Å². The number of rotatable bonds is 3. The molecule has 2 saturated carbocycles. The molecule has 3 fully saturated rings. The number of carbonyl (C=O) groups is 1. The Morgan fingerprint density at radius 2 is 2.07 bits per heavy atom. The van der Waals surface area contributed by atoms with Crippen LogP contribution in [-0.4, -0.2) is 35.3 Å². The molecule has 3 aliphatic rings. The molecule has 7 nitrogen and oxygen atoms in total. The van der Waals surface area contributed by atoms with Crippen LogP contribution in [0, 0.1) is 5.41 Å². The summed E-state index contributed by atoms with van der Waals surface area (Å²) in [5.74, 6) is 1.69. The highest BCUT2D eigenvalue weighted by molar-refractivity contribution is 5.94. The lowest BCUT2D eigenvalue weighted by molar-refractivity contribution is 0.0443. The lowest BCUT2D eigenvalue weighted by Gasteiger charge is -2.50. The Kier molecular flexibility index (Phi) is 3.93. The molecule has 0 bridgehead atoms. The average molecular weight is 367 g/mol. The zero-order valence-electron chi connectivity index (χ0n) is 15.4. The number of nitrogens with one attached hydrogen (secondary N) is 1. The molecule has 2 amide bonds. The largest absolute Gasteiger partial charge is 0.339 e. The minimum absolute atomic E-state index is 0.0622. The highest BCUT2D eigenvalue weighted by atomic mass is 16.5. The van der Waals surface area contributed by atoms with E-state index in [2.05, 4.69) is 15.5 Å². The number of amides is 2. The van der Waals surface area contributed by atoms with E-state index in [9.17, 15) is 4.79 Å². The molecular formula is C20H25N5O2. The molecule has 1 aromatic carbocycles. The molecular weight excluding hydrogens is 342 g/mol. The fraction of sp³-hybridized carbons (Fsp3) is 0.550. The van der Waals surface area contributed by atoms with Crippen LogP contribution in [0.2, 0.25) is 0 Å². The van der Waals surface area contributed by atoms with E-state index < -0.39 is 0 Å². The van der Waals surface area contributed by atoms with Gasteiger partial charge in [0.15, 0.2) is 0 Å². The predicted molar refractivity (Wildman–Crippen MR) is 101 cm³/mol. The minimum Gasteiger partial charge on any atom is -0.339 e. The zero-order valence-corrected chi connectivity index (χ0v) is 15.4. The molecule has 0 atom stereocenters. The number of hydrogen-bond donors (Lipinski definition) is 2.